The van der Waals surface area contributed by atoms with E-state index in [1.165, 1.54) is 51.7 Å². The first kappa shape index (κ1) is 28.3. The molecular formula is C26H44Cl2N2O. The molecule has 1 fully saturated rings. The van der Waals surface area contributed by atoms with Crippen molar-refractivity contribution >= 4 is 29.1 Å². The van der Waals surface area contributed by atoms with Gasteiger partial charge in [-0.2, -0.15) is 0 Å². The average Bonchev–Trinajstić information content (AvgIpc) is 2.77. The maximum absolute atomic E-state index is 11.9. The number of halogens is 2. The van der Waals surface area contributed by atoms with Gasteiger partial charge < -0.3 is 9.80 Å². The van der Waals surface area contributed by atoms with Crippen LogP contribution in [-0.2, 0) is 11.2 Å². The van der Waals surface area contributed by atoms with E-state index in [9.17, 15) is 4.79 Å². The van der Waals surface area contributed by atoms with Crippen LogP contribution in [0.25, 0.3) is 0 Å². The molecule has 0 atom stereocenters. The van der Waals surface area contributed by atoms with Crippen LogP contribution in [0, 0.1) is 5.92 Å². The van der Waals surface area contributed by atoms with Crippen molar-refractivity contribution in [2.75, 3.05) is 32.7 Å². The van der Waals surface area contributed by atoms with Crippen LogP contribution in [0.1, 0.15) is 84.6 Å². The number of hydrogen-bond donors (Lipinski definition) is 0. The number of nitrogens with zero attached hydrogens (tertiary/aromatic N) is 2. The minimum atomic E-state index is 0.365. The molecule has 1 heterocycles. The standard InChI is InChI=1S/C17H34N2O.C9H10Cl2/c1-4-7-17(20)19-14-9-16(10-15-19)8-13-18(11-5-2)12-6-3;1-2-4-7-5-3-6-8(10)9(7)11/h16H,4-15H2,1-3H3;3,5-6H,2,4H2,1H3. The van der Waals surface area contributed by atoms with Crippen molar-refractivity contribution in [3.63, 3.8) is 0 Å². The number of carbonyl (C=O) groups excluding carboxylic acids is 1. The van der Waals surface area contributed by atoms with Gasteiger partial charge in [-0.3, -0.25) is 4.79 Å². The summed E-state index contributed by atoms with van der Waals surface area (Å²) in [6, 6.07) is 5.75. The topological polar surface area (TPSA) is 23.6 Å². The maximum Gasteiger partial charge on any atom is 0.222 e. The Morgan fingerprint density at radius 1 is 0.968 bits per heavy atom. The third kappa shape index (κ3) is 11.1. The van der Waals surface area contributed by atoms with Gasteiger partial charge in [-0.05, 0) is 82.1 Å². The Bertz CT molecular complexity index is 609. The van der Waals surface area contributed by atoms with Crippen molar-refractivity contribution in [2.45, 2.75) is 85.5 Å². The molecular weight excluding hydrogens is 427 g/mol. The molecule has 0 saturated carbocycles. The third-order valence-electron chi connectivity index (χ3n) is 5.92. The number of likely N-dealkylation sites (tertiary alicyclic amines) is 1. The lowest BCUT2D eigenvalue weighted by Gasteiger charge is -2.33. The molecule has 0 radical (unpaired) electrons. The van der Waals surface area contributed by atoms with Crippen LogP contribution in [0.3, 0.4) is 0 Å². The van der Waals surface area contributed by atoms with Gasteiger partial charge in [0.2, 0.25) is 5.91 Å². The molecule has 1 aliphatic heterocycles. The third-order valence-corrected chi connectivity index (χ3v) is 6.77. The molecule has 178 valence electrons. The summed E-state index contributed by atoms with van der Waals surface area (Å²) in [7, 11) is 0. The molecule has 0 bridgehead atoms. The molecule has 1 amide bonds. The molecule has 5 heteroatoms. The first-order chi connectivity index (χ1) is 15.0. The lowest BCUT2D eigenvalue weighted by atomic mass is 9.93. The molecule has 1 aromatic carbocycles. The quantitative estimate of drug-likeness (QED) is 0.334. The predicted octanol–water partition coefficient (Wildman–Crippen LogP) is 7.48. The molecule has 1 aromatic rings. The second-order valence-electron chi connectivity index (χ2n) is 8.67. The number of benzene rings is 1. The normalized spacial score (nSPS) is 14.5. The lowest BCUT2D eigenvalue weighted by molar-refractivity contribution is -0.132. The number of carbonyl (C=O) groups is 1. The first-order valence-corrected chi connectivity index (χ1v) is 13.1. The van der Waals surface area contributed by atoms with Crippen molar-refractivity contribution in [3.8, 4) is 0 Å². The summed E-state index contributed by atoms with van der Waals surface area (Å²) < 4.78 is 0. The number of piperidine rings is 1. The highest BCUT2D eigenvalue weighted by molar-refractivity contribution is 6.42. The summed E-state index contributed by atoms with van der Waals surface area (Å²) in [5.74, 6) is 1.20. The van der Waals surface area contributed by atoms with Gasteiger partial charge in [0, 0.05) is 19.5 Å². The molecule has 3 nitrogen and oxygen atoms in total. The summed E-state index contributed by atoms with van der Waals surface area (Å²) in [6.45, 7) is 14.4. The Morgan fingerprint density at radius 2 is 1.61 bits per heavy atom. The van der Waals surface area contributed by atoms with Crippen molar-refractivity contribution in [2.24, 2.45) is 5.92 Å². The number of rotatable bonds is 11. The molecule has 0 aliphatic carbocycles. The van der Waals surface area contributed by atoms with Crippen LogP contribution in [-0.4, -0.2) is 48.4 Å². The van der Waals surface area contributed by atoms with Gasteiger partial charge in [-0.1, -0.05) is 69.5 Å². The van der Waals surface area contributed by atoms with Crippen LogP contribution >= 0.6 is 23.2 Å². The van der Waals surface area contributed by atoms with Crippen molar-refractivity contribution < 1.29 is 4.79 Å². The van der Waals surface area contributed by atoms with Crippen molar-refractivity contribution in [3.05, 3.63) is 33.8 Å². The summed E-state index contributed by atoms with van der Waals surface area (Å²) >= 11 is 11.8. The van der Waals surface area contributed by atoms with E-state index in [0.29, 0.717) is 16.0 Å². The van der Waals surface area contributed by atoms with E-state index >= 15 is 0 Å². The Morgan fingerprint density at radius 3 is 2.16 bits per heavy atom. The van der Waals surface area contributed by atoms with E-state index in [2.05, 4.69) is 37.5 Å². The monoisotopic (exact) mass is 470 g/mol. The zero-order chi connectivity index (χ0) is 23.1. The minimum Gasteiger partial charge on any atom is -0.343 e. The fourth-order valence-corrected chi connectivity index (χ4v) is 4.60. The van der Waals surface area contributed by atoms with Crippen molar-refractivity contribution in [1.82, 2.24) is 9.80 Å². The van der Waals surface area contributed by atoms with Gasteiger partial charge in [-0.15, -0.1) is 0 Å². The van der Waals surface area contributed by atoms with Gasteiger partial charge in [0.1, 0.15) is 0 Å². The van der Waals surface area contributed by atoms with Crippen LogP contribution < -0.4 is 0 Å². The highest BCUT2D eigenvalue weighted by Gasteiger charge is 2.22. The molecule has 1 saturated heterocycles. The SMILES string of the molecule is CCCC(=O)N1CCC(CCN(CCC)CCC)CC1.CCCc1cccc(Cl)c1Cl. The molecule has 0 unspecified atom stereocenters. The van der Waals surface area contributed by atoms with E-state index in [4.69, 9.17) is 23.2 Å². The Hall–Kier alpha value is -0.770. The maximum atomic E-state index is 11.9. The summed E-state index contributed by atoms with van der Waals surface area (Å²) in [6.07, 6.45) is 10.0. The lowest BCUT2D eigenvalue weighted by Crippen LogP contribution is -2.39. The van der Waals surface area contributed by atoms with Crippen LogP contribution in [0.5, 0.6) is 0 Å². The average molecular weight is 472 g/mol. The molecule has 0 N–H and O–H groups in total. The van der Waals surface area contributed by atoms with Gasteiger partial charge >= 0.3 is 0 Å². The summed E-state index contributed by atoms with van der Waals surface area (Å²) in [5.41, 5.74) is 1.14. The van der Waals surface area contributed by atoms with Gasteiger partial charge in [-0.25, -0.2) is 0 Å². The van der Waals surface area contributed by atoms with E-state index < -0.39 is 0 Å². The largest absolute Gasteiger partial charge is 0.343 e. The Kier molecular flexibility index (Phi) is 15.3. The molecule has 0 spiro atoms. The molecule has 1 aliphatic rings. The highest BCUT2D eigenvalue weighted by Crippen LogP contribution is 2.26. The predicted molar refractivity (Wildman–Crippen MR) is 136 cm³/mol. The zero-order valence-electron chi connectivity index (χ0n) is 20.3. The fourth-order valence-electron chi connectivity index (χ4n) is 4.19. The van der Waals surface area contributed by atoms with E-state index in [1.807, 2.05) is 18.2 Å². The Labute approximate surface area is 201 Å². The van der Waals surface area contributed by atoms with E-state index in [1.54, 1.807) is 0 Å². The van der Waals surface area contributed by atoms with E-state index in [-0.39, 0.29) is 0 Å². The van der Waals surface area contributed by atoms with Gasteiger partial charge in [0.05, 0.1) is 10.0 Å². The van der Waals surface area contributed by atoms with Crippen molar-refractivity contribution in [1.29, 1.82) is 0 Å². The Balaban J connectivity index is 0.000000367. The minimum absolute atomic E-state index is 0.365. The molecule has 0 aromatic heterocycles. The second kappa shape index (κ2) is 16.8. The van der Waals surface area contributed by atoms with Gasteiger partial charge in [0.15, 0.2) is 0 Å². The van der Waals surface area contributed by atoms with Crippen LogP contribution in [0.4, 0.5) is 0 Å². The molecule has 31 heavy (non-hydrogen) atoms. The number of amides is 1. The summed E-state index contributed by atoms with van der Waals surface area (Å²) in [5, 5.41) is 1.36. The summed E-state index contributed by atoms with van der Waals surface area (Å²) in [4.78, 5) is 16.5. The van der Waals surface area contributed by atoms with Gasteiger partial charge in [0.25, 0.3) is 0 Å². The van der Waals surface area contributed by atoms with Crippen LogP contribution in [0.2, 0.25) is 10.0 Å². The second-order valence-corrected chi connectivity index (χ2v) is 9.45. The van der Waals surface area contributed by atoms with E-state index in [0.717, 1.165) is 50.3 Å². The first-order valence-electron chi connectivity index (χ1n) is 12.4. The highest BCUT2D eigenvalue weighted by atomic mass is 35.5. The fraction of sp³-hybridized carbons (Fsp3) is 0.731. The number of aryl methyl sites for hydroxylation is 1. The number of hydrogen-bond acceptors (Lipinski definition) is 2. The molecule has 2 rings (SSSR count). The zero-order valence-corrected chi connectivity index (χ0v) is 21.8. The smallest absolute Gasteiger partial charge is 0.222 e. The van der Waals surface area contributed by atoms with Crippen LogP contribution in [0.15, 0.2) is 18.2 Å².